The minimum Gasteiger partial charge on any atom is -0.497 e. The quantitative estimate of drug-likeness (QED) is 0.557. The van der Waals surface area contributed by atoms with Crippen LogP contribution in [0.1, 0.15) is 48.0 Å². The van der Waals surface area contributed by atoms with E-state index in [1.165, 1.54) is 22.2 Å². The summed E-state index contributed by atoms with van der Waals surface area (Å²) in [4.78, 5) is 29.2. The molecule has 7 heteroatoms. The standard InChI is InChI=1S/C26H32N4O2S/c1-26(2,3)18-7-10-20-21(15-18)33-24-22(20)23(27-16-28-24)29-11-13-30(14-12-29)25(31)17-5-8-19(32-4)9-6-17/h5-6,8-9,16,18H,7,10-15H2,1-4H3/t18-/m0/s1. The molecule has 0 radical (unpaired) electrons. The fraction of sp³-hybridized carbons (Fsp3) is 0.500. The van der Waals surface area contributed by atoms with Gasteiger partial charge in [0.15, 0.2) is 0 Å². The van der Waals surface area contributed by atoms with Gasteiger partial charge in [-0.2, -0.15) is 0 Å². The molecule has 1 aromatic carbocycles. The van der Waals surface area contributed by atoms with Gasteiger partial charge in [-0.05, 0) is 60.4 Å². The molecule has 5 rings (SSSR count). The summed E-state index contributed by atoms with van der Waals surface area (Å²) in [5.74, 6) is 2.59. The minimum atomic E-state index is 0.0753. The Hall–Kier alpha value is -2.67. The molecular formula is C26H32N4O2S. The molecule has 1 fully saturated rings. The third-order valence-corrected chi connectivity index (χ3v) is 8.42. The number of methoxy groups -OCH3 is 1. The highest BCUT2D eigenvalue weighted by Crippen LogP contribution is 2.44. The summed E-state index contributed by atoms with van der Waals surface area (Å²) in [6, 6.07) is 7.35. The molecule has 33 heavy (non-hydrogen) atoms. The van der Waals surface area contributed by atoms with Gasteiger partial charge in [0.2, 0.25) is 0 Å². The number of fused-ring (bicyclic) bond motifs is 3. The summed E-state index contributed by atoms with van der Waals surface area (Å²) in [5, 5.41) is 1.25. The monoisotopic (exact) mass is 464 g/mol. The summed E-state index contributed by atoms with van der Waals surface area (Å²) in [6.45, 7) is 10.0. The van der Waals surface area contributed by atoms with E-state index in [-0.39, 0.29) is 5.91 Å². The Morgan fingerprint density at radius 3 is 2.48 bits per heavy atom. The number of hydrogen-bond donors (Lipinski definition) is 0. The van der Waals surface area contributed by atoms with Gasteiger partial charge in [0, 0.05) is 36.6 Å². The normalized spacial score (nSPS) is 19.0. The Labute approximate surface area is 199 Å². The summed E-state index contributed by atoms with van der Waals surface area (Å²) in [7, 11) is 1.63. The summed E-state index contributed by atoms with van der Waals surface area (Å²) < 4.78 is 5.20. The zero-order valence-electron chi connectivity index (χ0n) is 19.9. The average molecular weight is 465 g/mol. The lowest BCUT2D eigenvalue weighted by Gasteiger charge is -2.36. The second-order valence-electron chi connectivity index (χ2n) is 10.2. The fourth-order valence-corrected chi connectivity index (χ4v) is 6.37. The predicted octanol–water partition coefficient (Wildman–Crippen LogP) is 4.81. The van der Waals surface area contributed by atoms with Crippen LogP contribution in [0.4, 0.5) is 5.82 Å². The Kier molecular flexibility index (Phi) is 5.77. The van der Waals surface area contributed by atoms with E-state index in [1.54, 1.807) is 13.4 Å². The maximum Gasteiger partial charge on any atom is 0.253 e. The highest BCUT2D eigenvalue weighted by atomic mass is 32.1. The van der Waals surface area contributed by atoms with Crippen LogP contribution in [0.5, 0.6) is 5.75 Å². The van der Waals surface area contributed by atoms with Gasteiger partial charge in [-0.1, -0.05) is 20.8 Å². The Morgan fingerprint density at radius 2 is 1.82 bits per heavy atom. The van der Waals surface area contributed by atoms with Crippen LogP contribution in [0.25, 0.3) is 10.2 Å². The first kappa shape index (κ1) is 22.1. The van der Waals surface area contributed by atoms with Gasteiger partial charge in [-0.3, -0.25) is 4.79 Å². The predicted molar refractivity (Wildman–Crippen MR) is 133 cm³/mol. The number of nitrogens with zero attached hydrogens (tertiary/aromatic N) is 4. The minimum absolute atomic E-state index is 0.0753. The molecule has 2 aromatic heterocycles. The third-order valence-electron chi connectivity index (χ3n) is 7.25. The first-order chi connectivity index (χ1) is 15.8. The molecule has 0 N–H and O–H groups in total. The van der Waals surface area contributed by atoms with Crippen LogP contribution < -0.4 is 9.64 Å². The molecule has 0 saturated carbocycles. The number of aromatic nitrogens is 2. The number of ether oxygens (including phenoxy) is 1. The highest BCUT2D eigenvalue weighted by Gasteiger charge is 2.33. The number of carbonyl (C=O) groups excluding carboxylic acids is 1. The summed E-state index contributed by atoms with van der Waals surface area (Å²) in [5.41, 5.74) is 2.49. The maximum atomic E-state index is 13.0. The van der Waals surface area contributed by atoms with Crippen LogP contribution in [0.2, 0.25) is 0 Å². The zero-order chi connectivity index (χ0) is 23.2. The van der Waals surface area contributed by atoms with E-state index < -0.39 is 0 Å². The lowest BCUT2D eigenvalue weighted by molar-refractivity contribution is 0.0746. The van der Waals surface area contributed by atoms with Gasteiger partial charge < -0.3 is 14.5 Å². The molecule has 3 aromatic rings. The largest absolute Gasteiger partial charge is 0.497 e. The number of hydrogen-bond acceptors (Lipinski definition) is 6. The molecular weight excluding hydrogens is 432 g/mol. The van der Waals surface area contributed by atoms with Gasteiger partial charge in [-0.15, -0.1) is 11.3 Å². The number of carbonyl (C=O) groups is 1. The van der Waals surface area contributed by atoms with E-state index in [1.807, 2.05) is 40.5 Å². The molecule has 1 saturated heterocycles. The third kappa shape index (κ3) is 4.19. The molecule has 174 valence electrons. The van der Waals surface area contributed by atoms with Gasteiger partial charge in [0.25, 0.3) is 5.91 Å². The highest BCUT2D eigenvalue weighted by molar-refractivity contribution is 7.19. The van der Waals surface area contributed by atoms with Crippen molar-refractivity contribution in [3.63, 3.8) is 0 Å². The molecule has 3 heterocycles. The van der Waals surface area contributed by atoms with E-state index >= 15 is 0 Å². The van der Waals surface area contributed by atoms with Crippen molar-refractivity contribution in [2.45, 2.75) is 40.0 Å². The van der Waals surface area contributed by atoms with E-state index in [2.05, 4.69) is 30.7 Å². The molecule has 1 amide bonds. The van der Waals surface area contributed by atoms with Gasteiger partial charge in [0.05, 0.1) is 12.5 Å². The Balaban J connectivity index is 1.34. The van der Waals surface area contributed by atoms with Gasteiger partial charge >= 0.3 is 0 Å². The van der Waals surface area contributed by atoms with Crippen molar-refractivity contribution < 1.29 is 9.53 Å². The number of benzene rings is 1. The zero-order valence-corrected chi connectivity index (χ0v) is 20.7. The first-order valence-electron chi connectivity index (χ1n) is 11.8. The summed E-state index contributed by atoms with van der Waals surface area (Å²) in [6.07, 6.45) is 5.17. The second kappa shape index (κ2) is 8.60. The van der Waals surface area contributed by atoms with Crippen molar-refractivity contribution in [2.24, 2.45) is 11.3 Å². The first-order valence-corrected chi connectivity index (χ1v) is 12.6. The number of piperazine rings is 1. The summed E-state index contributed by atoms with van der Waals surface area (Å²) >= 11 is 1.85. The van der Waals surface area contributed by atoms with Crippen molar-refractivity contribution in [3.8, 4) is 5.75 Å². The Morgan fingerprint density at radius 1 is 1.09 bits per heavy atom. The number of thiophene rings is 1. The smallest absolute Gasteiger partial charge is 0.253 e. The van der Waals surface area contributed by atoms with Crippen LogP contribution in [-0.2, 0) is 12.8 Å². The second-order valence-corrected chi connectivity index (χ2v) is 11.3. The van der Waals surface area contributed by atoms with Crippen LogP contribution in [0.3, 0.4) is 0 Å². The van der Waals surface area contributed by atoms with Crippen molar-refractivity contribution in [3.05, 3.63) is 46.6 Å². The number of anilines is 1. The molecule has 1 aliphatic heterocycles. The lowest BCUT2D eigenvalue weighted by atomic mass is 9.72. The fourth-order valence-electron chi connectivity index (χ4n) is 5.11. The van der Waals surface area contributed by atoms with Crippen LogP contribution >= 0.6 is 11.3 Å². The van der Waals surface area contributed by atoms with Crippen molar-refractivity contribution in [2.75, 3.05) is 38.2 Å². The van der Waals surface area contributed by atoms with Crippen LogP contribution in [0, 0.1) is 11.3 Å². The van der Waals surface area contributed by atoms with Gasteiger partial charge in [-0.25, -0.2) is 9.97 Å². The molecule has 1 aliphatic carbocycles. The molecule has 0 bridgehead atoms. The molecule has 1 atom stereocenters. The molecule has 2 aliphatic rings. The number of aryl methyl sites for hydroxylation is 1. The van der Waals surface area contributed by atoms with E-state index in [4.69, 9.17) is 9.72 Å². The number of amides is 1. The average Bonchev–Trinajstić information content (AvgIpc) is 3.21. The van der Waals surface area contributed by atoms with E-state index in [0.29, 0.717) is 30.0 Å². The lowest BCUT2D eigenvalue weighted by Crippen LogP contribution is -2.49. The van der Waals surface area contributed by atoms with Gasteiger partial charge in [0.1, 0.15) is 22.7 Å². The van der Waals surface area contributed by atoms with Crippen molar-refractivity contribution in [1.29, 1.82) is 0 Å². The van der Waals surface area contributed by atoms with Crippen molar-refractivity contribution in [1.82, 2.24) is 14.9 Å². The maximum absolute atomic E-state index is 13.0. The van der Waals surface area contributed by atoms with E-state index in [0.717, 1.165) is 42.3 Å². The SMILES string of the molecule is COc1ccc(C(=O)N2CCN(c3ncnc4sc5c(c34)CC[C@H](C(C)(C)C)C5)CC2)cc1. The molecule has 0 unspecified atom stereocenters. The Bertz CT molecular complexity index is 1160. The number of rotatable bonds is 3. The topological polar surface area (TPSA) is 58.6 Å². The van der Waals surface area contributed by atoms with Crippen LogP contribution in [-0.4, -0.2) is 54.1 Å². The molecule has 6 nitrogen and oxygen atoms in total. The van der Waals surface area contributed by atoms with Crippen LogP contribution in [0.15, 0.2) is 30.6 Å². The molecule has 0 spiro atoms. The van der Waals surface area contributed by atoms with E-state index in [9.17, 15) is 4.79 Å². The van der Waals surface area contributed by atoms with Crippen molar-refractivity contribution >= 4 is 33.3 Å².